The first-order valence-electron chi connectivity index (χ1n) is 8.79. The summed E-state index contributed by atoms with van der Waals surface area (Å²) in [5, 5.41) is 10.8. The van der Waals surface area contributed by atoms with E-state index in [1.54, 1.807) is 23.1 Å². The Hall–Kier alpha value is -3.45. The average molecular weight is 381 g/mol. The van der Waals surface area contributed by atoms with Crippen molar-refractivity contribution in [2.75, 3.05) is 6.54 Å². The molecule has 0 heterocycles. The monoisotopic (exact) mass is 381 g/mol. The zero-order valence-corrected chi connectivity index (χ0v) is 15.6. The van der Waals surface area contributed by atoms with Crippen LogP contribution in [0.4, 0.5) is 4.79 Å². The van der Waals surface area contributed by atoms with Gasteiger partial charge in [0, 0.05) is 26.1 Å². The van der Waals surface area contributed by atoms with Crippen LogP contribution in [0.15, 0.2) is 60.7 Å². The number of carbonyl (C=O) groups is 3. The first kappa shape index (κ1) is 20.9. The van der Waals surface area contributed by atoms with E-state index in [9.17, 15) is 14.4 Å². The van der Waals surface area contributed by atoms with E-state index in [1.165, 1.54) is 18.5 Å². The predicted molar refractivity (Wildman–Crippen MR) is 105 cm³/mol. The molecule has 146 valence electrons. The molecular formula is C21H23N3O4. The number of amides is 4. The summed E-state index contributed by atoms with van der Waals surface area (Å²) in [5.41, 5.74) is 4.29. The van der Waals surface area contributed by atoms with Crippen molar-refractivity contribution in [3.63, 3.8) is 0 Å². The third-order valence-corrected chi connectivity index (χ3v) is 3.97. The highest BCUT2D eigenvalue weighted by Crippen LogP contribution is 2.11. The van der Waals surface area contributed by atoms with E-state index in [2.05, 4.69) is 5.32 Å². The molecule has 0 unspecified atom stereocenters. The number of imide groups is 1. The van der Waals surface area contributed by atoms with Crippen molar-refractivity contribution < 1.29 is 19.6 Å². The van der Waals surface area contributed by atoms with Gasteiger partial charge >= 0.3 is 6.03 Å². The largest absolute Gasteiger partial charge is 0.324 e. The quantitative estimate of drug-likeness (QED) is 0.390. The summed E-state index contributed by atoms with van der Waals surface area (Å²) >= 11 is 0. The van der Waals surface area contributed by atoms with Crippen LogP contribution in [0.2, 0.25) is 0 Å². The minimum Gasteiger partial charge on any atom is -0.320 e. The topological polar surface area (TPSA) is 98.7 Å². The summed E-state index contributed by atoms with van der Waals surface area (Å²) in [6.45, 7) is 2.10. The van der Waals surface area contributed by atoms with E-state index in [0.717, 1.165) is 16.7 Å². The number of urea groups is 1. The van der Waals surface area contributed by atoms with Crippen molar-refractivity contribution >= 4 is 23.9 Å². The molecule has 0 aliphatic carbocycles. The Morgan fingerprint density at radius 1 is 1.00 bits per heavy atom. The number of hydrogen-bond donors (Lipinski definition) is 3. The maximum absolute atomic E-state index is 12.4. The van der Waals surface area contributed by atoms with Crippen LogP contribution in [0.25, 0.3) is 6.08 Å². The van der Waals surface area contributed by atoms with Crippen molar-refractivity contribution in [1.29, 1.82) is 0 Å². The molecule has 2 aromatic carbocycles. The Labute approximate surface area is 163 Å². The molecule has 0 aliphatic heterocycles. The van der Waals surface area contributed by atoms with E-state index in [4.69, 9.17) is 5.21 Å². The highest BCUT2D eigenvalue weighted by molar-refractivity contribution is 5.93. The molecule has 2 aromatic rings. The molecule has 7 heteroatoms. The standard InChI is InChI=1S/C21H23N3O4/c1-16(25)22-21(27)24(14-13-17-5-3-2-4-6-17)15-19-9-7-18(8-10-19)11-12-20(26)23-28/h2-12,28H,13-15H2,1H3,(H,23,26)(H,22,25,27)/b12-11+. The van der Waals surface area contributed by atoms with Gasteiger partial charge in [-0.1, -0.05) is 54.6 Å². The minimum absolute atomic E-state index is 0.340. The van der Waals surface area contributed by atoms with Gasteiger partial charge in [-0.05, 0) is 29.2 Å². The SMILES string of the molecule is CC(=O)NC(=O)N(CCc1ccccc1)Cc1ccc(/C=C/C(=O)NO)cc1. The fourth-order valence-corrected chi connectivity index (χ4v) is 2.55. The Kier molecular flexibility index (Phi) is 7.92. The van der Waals surface area contributed by atoms with Gasteiger partial charge in [0.2, 0.25) is 5.91 Å². The molecule has 0 bridgehead atoms. The van der Waals surface area contributed by atoms with Crippen LogP contribution in [0.1, 0.15) is 23.6 Å². The lowest BCUT2D eigenvalue weighted by molar-refractivity contribution is -0.124. The van der Waals surface area contributed by atoms with Gasteiger partial charge in [-0.3, -0.25) is 20.1 Å². The molecule has 3 N–H and O–H groups in total. The normalized spacial score (nSPS) is 10.5. The number of carbonyl (C=O) groups excluding carboxylic acids is 3. The van der Waals surface area contributed by atoms with E-state index < -0.39 is 17.8 Å². The second kappa shape index (κ2) is 10.6. The first-order valence-corrected chi connectivity index (χ1v) is 8.79. The molecule has 0 saturated carbocycles. The minimum atomic E-state index is -0.614. The summed E-state index contributed by atoms with van der Waals surface area (Å²) in [7, 11) is 0. The van der Waals surface area contributed by atoms with Gasteiger partial charge in [0.15, 0.2) is 0 Å². The number of benzene rings is 2. The van der Waals surface area contributed by atoms with E-state index in [-0.39, 0.29) is 0 Å². The molecule has 0 radical (unpaired) electrons. The number of nitrogens with zero attached hydrogens (tertiary/aromatic N) is 1. The van der Waals surface area contributed by atoms with Crippen molar-refractivity contribution in [2.45, 2.75) is 19.9 Å². The number of nitrogens with one attached hydrogen (secondary N) is 2. The van der Waals surface area contributed by atoms with Crippen molar-refractivity contribution in [3.8, 4) is 0 Å². The van der Waals surface area contributed by atoms with Crippen LogP contribution < -0.4 is 10.8 Å². The molecule has 0 aliphatic rings. The van der Waals surface area contributed by atoms with Crippen LogP contribution in [-0.2, 0) is 22.6 Å². The van der Waals surface area contributed by atoms with Crippen molar-refractivity contribution in [1.82, 2.24) is 15.7 Å². The average Bonchev–Trinajstić information content (AvgIpc) is 2.70. The summed E-state index contributed by atoms with van der Waals surface area (Å²) < 4.78 is 0. The molecule has 0 aromatic heterocycles. The number of hydroxylamine groups is 1. The molecule has 0 spiro atoms. The lowest BCUT2D eigenvalue weighted by Crippen LogP contribution is -2.42. The van der Waals surface area contributed by atoms with Gasteiger partial charge in [0.25, 0.3) is 5.91 Å². The lowest BCUT2D eigenvalue weighted by Gasteiger charge is -2.22. The second-order valence-corrected chi connectivity index (χ2v) is 6.19. The fraction of sp³-hybridized carbons (Fsp3) is 0.190. The Bertz CT molecular complexity index is 832. The molecule has 7 nitrogen and oxygen atoms in total. The molecule has 0 saturated heterocycles. The smallest absolute Gasteiger partial charge is 0.320 e. The van der Waals surface area contributed by atoms with Gasteiger partial charge in [0.1, 0.15) is 0 Å². The van der Waals surface area contributed by atoms with Crippen LogP contribution in [0.3, 0.4) is 0 Å². The second-order valence-electron chi connectivity index (χ2n) is 6.19. The summed E-state index contributed by atoms with van der Waals surface area (Å²) in [6, 6.07) is 16.6. The molecule has 28 heavy (non-hydrogen) atoms. The maximum atomic E-state index is 12.4. The lowest BCUT2D eigenvalue weighted by atomic mass is 10.1. The Morgan fingerprint density at radius 3 is 2.29 bits per heavy atom. The fourth-order valence-electron chi connectivity index (χ4n) is 2.55. The summed E-state index contributed by atoms with van der Waals surface area (Å²) in [6.07, 6.45) is 3.44. The van der Waals surface area contributed by atoms with Gasteiger partial charge in [0.05, 0.1) is 0 Å². The van der Waals surface area contributed by atoms with Gasteiger partial charge in [-0.2, -0.15) is 0 Å². The molecule has 4 amide bonds. The van der Waals surface area contributed by atoms with Crippen LogP contribution >= 0.6 is 0 Å². The van der Waals surface area contributed by atoms with Crippen LogP contribution in [0, 0.1) is 0 Å². The third-order valence-electron chi connectivity index (χ3n) is 3.97. The Morgan fingerprint density at radius 2 is 1.68 bits per heavy atom. The van der Waals surface area contributed by atoms with E-state index in [0.29, 0.717) is 19.5 Å². The first-order chi connectivity index (χ1) is 13.5. The highest BCUT2D eigenvalue weighted by Gasteiger charge is 2.15. The van der Waals surface area contributed by atoms with E-state index in [1.807, 2.05) is 42.5 Å². The summed E-state index contributed by atoms with van der Waals surface area (Å²) in [5.74, 6) is -1.02. The Balaban J connectivity index is 2.05. The molecule has 0 fully saturated rings. The predicted octanol–water partition coefficient (Wildman–Crippen LogP) is 2.51. The van der Waals surface area contributed by atoms with Crippen LogP contribution in [0.5, 0.6) is 0 Å². The maximum Gasteiger partial charge on any atom is 0.324 e. The third kappa shape index (κ3) is 7.05. The van der Waals surface area contributed by atoms with Gasteiger partial charge in [-0.15, -0.1) is 0 Å². The number of rotatable bonds is 7. The van der Waals surface area contributed by atoms with Gasteiger partial charge in [-0.25, -0.2) is 10.3 Å². The zero-order chi connectivity index (χ0) is 20.4. The van der Waals surface area contributed by atoms with E-state index >= 15 is 0 Å². The van der Waals surface area contributed by atoms with Crippen molar-refractivity contribution in [3.05, 3.63) is 77.4 Å². The van der Waals surface area contributed by atoms with Gasteiger partial charge < -0.3 is 4.90 Å². The molecular weight excluding hydrogens is 358 g/mol. The molecule has 0 atom stereocenters. The summed E-state index contributed by atoms with van der Waals surface area (Å²) in [4.78, 5) is 36.2. The zero-order valence-electron chi connectivity index (χ0n) is 15.6. The number of hydrogen-bond acceptors (Lipinski definition) is 4. The van der Waals surface area contributed by atoms with Crippen LogP contribution in [-0.4, -0.2) is 34.5 Å². The van der Waals surface area contributed by atoms with Crippen molar-refractivity contribution in [2.24, 2.45) is 0 Å². The highest BCUT2D eigenvalue weighted by atomic mass is 16.5. The molecule has 2 rings (SSSR count).